The normalized spacial score (nSPS) is 9.71. The molecule has 0 saturated heterocycles. The van der Waals surface area contributed by atoms with Crippen molar-refractivity contribution in [1.29, 1.82) is 0 Å². The zero-order valence-corrected chi connectivity index (χ0v) is 10.2. The Morgan fingerprint density at radius 3 is 3.06 bits per heavy atom. The van der Waals surface area contributed by atoms with E-state index in [2.05, 4.69) is 11.9 Å². The summed E-state index contributed by atoms with van der Waals surface area (Å²) >= 11 is 0. The SMILES string of the molecule is C=CCCNC(=O)CCOc1cccc(C)c1. The molecule has 17 heavy (non-hydrogen) atoms. The quantitative estimate of drug-likeness (QED) is 0.580. The summed E-state index contributed by atoms with van der Waals surface area (Å²) in [6, 6.07) is 7.79. The highest BCUT2D eigenvalue weighted by molar-refractivity contribution is 5.75. The number of aryl methyl sites for hydroxylation is 1. The second-order valence-corrected chi connectivity index (χ2v) is 3.84. The summed E-state index contributed by atoms with van der Waals surface area (Å²) in [6.45, 7) is 6.65. The molecule has 0 unspecified atom stereocenters. The molecule has 0 aliphatic heterocycles. The van der Waals surface area contributed by atoms with E-state index in [1.165, 1.54) is 0 Å². The molecule has 0 heterocycles. The van der Waals surface area contributed by atoms with Crippen molar-refractivity contribution in [3.05, 3.63) is 42.5 Å². The van der Waals surface area contributed by atoms with Crippen LogP contribution in [0, 0.1) is 6.92 Å². The maximum Gasteiger partial charge on any atom is 0.223 e. The second-order valence-electron chi connectivity index (χ2n) is 3.84. The fraction of sp³-hybridized carbons (Fsp3) is 0.357. The van der Waals surface area contributed by atoms with Crippen LogP contribution in [0.5, 0.6) is 5.75 Å². The van der Waals surface area contributed by atoms with Crippen molar-refractivity contribution in [2.24, 2.45) is 0 Å². The number of rotatable bonds is 7. The molecule has 0 radical (unpaired) electrons. The van der Waals surface area contributed by atoms with E-state index in [1.54, 1.807) is 6.08 Å². The Kier molecular flexibility index (Phi) is 5.86. The average Bonchev–Trinajstić information content (AvgIpc) is 2.29. The van der Waals surface area contributed by atoms with Crippen molar-refractivity contribution in [3.63, 3.8) is 0 Å². The number of amides is 1. The molecule has 0 aromatic heterocycles. The molecule has 92 valence electrons. The molecular formula is C14H19NO2. The van der Waals surface area contributed by atoms with E-state index in [-0.39, 0.29) is 5.91 Å². The highest BCUT2D eigenvalue weighted by Gasteiger charge is 2.00. The monoisotopic (exact) mass is 233 g/mol. The van der Waals surface area contributed by atoms with Gasteiger partial charge < -0.3 is 10.1 Å². The third-order valence-corrected chi connectivity index (χ3v) is 2.26. The van der Waals surface area contributed by atoms with E-state index in [1.807, 2.05) is 31.2 Å². The molecule has 1 amide bonds. The first kappa shape index (κ1) is 13.3. The predicted molar refractivity (Wildman–Crippen MR) is 69.1 cm³/mol. The van der Waals surface area contributed by atoms with E-state index in [0.717, 1.165) is 17.7 Å². The summed E-state index contributed by atoms with van der Waals surface area (Å²) in [5.41, 5.74) is 1.15. The number of hydrogen-bond donors (Lipinski definition) is 1. The molecule has 1 rings (SSSR count). The highest BCUT2D eigenvalue weighted by atomic mass is 16.5. The van der Waals surface area contributed by atoms with E-state index in [9.17, 15) is 4.79 Å². The van der Waals surface area contributed by atoms with Crippen molar-refractivity contribution < 1.29 is 9.53 Å². The lowest BCUT2D eigenvalue weighted by molar-refractivity contribution is -0.121. The van der Waals surface area contributed by atoms with Gasteiger partial charge in [0, 0.05) is 6.54 Å². The molecular weight excluding hydrogens is 214 g/mol. The fourth-order valence-electron chi connectivity index (χ4n) is 1.37. The van der Waals surface area contributed by atoms with Gasteiger partial charge in [-0.2, -0.15) is 0 Å². The predicted octanol–water partition coefficient (Wildman–Crippen LogP) is 2.46. The maximum atomic E-state index is 11.3. The minimum absolute atomic E-state index is 0.0134. The lowest BCUT2D eigenvalue weighted by Gasteiger charge is -2.07. The molecule has 1 N–H and O–H groups in total. The number of hydrogen-bond acceptors (Lipinski definition) is 2. The Balaban J connectivity index is 2.19. The fourth-order valence-corrected chi connectivity index (χ4v) is 1.37. The topological polar surface area (TPSA) is 38.3 Å². The summed E-state index contributed by atoms with van der Waals surface area (Å²) in [5, 5.41) is 2.79. The van der Waals surface area contributed by atoms with Crippen molar-refractivity contribution in [1.82, 2.24) is 5.32 Å². The van der Waals surface area contributed by atoms with Gasteiger partial charge in [0.2, 0.25) is 5.91 Å². The van der Waals surface area contributed by atoms with Crippen LogP contribution in [0.25, 0.3) is 0 Å². The number of nitrogens with one attached hydrogen (secondary N) is 1. The number of benzene rings is 1. The lowest BCUT2D eigenvalue weighted by Crippen LogP contribution is -2.25. The Hall–Kier alpha value is -1.77. The van der Waals surface area contributed by atoms with E-state index < -0.39 is 0 Å². The third kappa shape index (κ3) is 5.76. The van der Waals surface area contributed by atoms with Crippen LogP contribution in [0.4, 0.5) is 0 Å². The van der Waals surface area contributed by atoms with Crippen LogP contribution >= 0.6 is 0 Å². The summed E-state index contributed by atoms with van der Waals surface area (Å²) in [4.78, 5) is 11.3. The number of ether oxygens (including phenoxy) is 1. The summed E-state index contributed by atoms with van der Waals surface area (Å²) in [6.07, 6.45) is 2.96. The van der Waals surface area contributed by atoms with Crippen molar-refractivity contribution >= 4 is 5.91 Å². The molecule has 3 heteroatoms. The van der Waals surface area contributed by atoms with Gasteiger partial charge in [-0.25, -0.2) is 0 Å². The van der Waals surface area contributed by atoms with Gasteiger partial charge in [0.1, 0.15) is 5.75 Å². The van der Waals surface area contributed by atoms with Crippen LogP contribution in [-0.2, 0) is 4.79 Å². The van der Waals surface area contributed by atoms with Gasteiger partial charge in [-0.1, -0.05) is 18.2 Å². The molecule has 0 spiro atoms. The zero-order chi connectivity index (χ0) is 12.5. The van der Waals surface area contributed by atoms with Gasteiger partial charge in [-0.15, -0.1) is 6.58 Å². The molecule has 1 aromatic carbocycles. The van der Waals surface area contributed by atoms with Crippen molar-refractivity contribution in [3.8, 4) is 5.75 Å². The van der Waals surface area contributed by atoms with E-state index in [4.69, 9.17) is 4.74 Å². The van der Waals surface area contributed by atoms with Gasteiger partial charge >= 0.3 is 0 Å². The Morgan fingerprint density at radius 1 is 1.53 bits per heavy atom. The van der Waals surface area contributed by atoms with Gasteiger partial charge in [-0.3, -0.25) is 4.79 Å². The second kappa shape index (κ2) is 7.49. The molecule has 3 nitrogen and oxygen atoms in total. The molecule has 1 aromatic rings. The van der Waals surface area contributed by atoms with Crippen LogP contribution in [-0.4, -0.2) is 19.1 Å². The molecule has 0 atom stereocenters. The average molecular weight is 233 g/mol. The Morgan fingerprint density at radius 2 is 2.35 bits per heavy atom. The standard InChI is InChI=1S/C14H19NO2/c1-3-4-9-15-14(16)8-10-17-13-7-5-6-12(2)11-13/h3,5-7,11H,1,4,8-10H2,2H3,(H,15,16). The Labute approximate surface area is 102 Å². The summed E-state index contributed by atoms with van der Waals surface area (Å²) < 4.78 is 5.48. The zero-order valence-electron chi connectivity index (χ0n) is 10.2. The summed E-state index contributed by atoms with van der Waals surface area (Å²) in [7, 11) is 0. The highest BCUT2D eigenvalue weighted by Crippen LogP contribution is 2.12. The molecule has 0 saturated carbocycles. The minimum Gasteiger partial charge on any atom is -0.493 e. The molecule has 0 fully saturated rings. The third-order valence-electron chi connectivity index (χ3n) is 2.26. The molecule has 0 aliphatic rings. The lowest BCUT2D eigenvalue weighted by atomic mass is 10.2. The van der Waals surface area contributed by atoms with Crippen LogP contribution in [0.15, 0.2) is 36.9 Å². The smallest absolute Gasteiger partial charge is 0.223 e. The van der Waals surface area contributed by atoms with Gasteiger partial charge in [0.05, 0.1) is 13.0 Å². The van der Waals surface area contributed by atoms with Crippen molar-refractivity contribution in [2.75, 3.05) is 13.2 Å². The first-order valence-electron chi connectivity index (χ1n) is 5.79. The van der Waals surface area contributed by atoms with Crippen molar-refractivity contribution in [2.45, 2.75) is 19.8 Å². The minimum atomic E-state index is 0.0134. The van der Waals surface area contributed by atoms with Crippen LogP contribution in [0.3, 0.4) is 0 Å². The van der Waals surface area contributed by atoms with Crippen LogP contribution < -0.4 is 10.1 Å². The number of carbonyl (C=O) groups excluding carboxylic acids is 1. The van der Waals surface area contributed by atoms with Crippen LogP contribution in [0.2, 0.25) is 0 Å². The summed E-state index contributed by atoms with van der Waals surface area (Å²) in [5.74, 6) is 0.823. The Bertz CT molecular complexity index is 374. The first-order chi connectivity index (χ1) is 8.22. The van der Waals surface area contributed by atoms with E-state index in [0.29, 0.717) is 19.6 Å². The first-order valence-corrected chi connectivity index (χ1v) is 5.79. The van der Waals surface area contributed by atoms with Gasteiger partial charge in [0.15, 0.2) is 0 Å². The van der Waals surface area contributed by atoms with Gasteiger partial charge in [-0.05, 0) is 31.0 Å². The van der Waals surface area contributed by atoms with E-state index >= 15 is 0 Å². The van der Waals surface area contributed by atoms with Crippen LogP contribution in [0.1, 0.15) is 18.4 Å². The number of carbonyl (C=O) groups is 1. The molecule has 0 bridgehead atoms. The molecule has 0 aliphatic carbocycles. The van der Waals surface area contributed by atoms with Gasteiger partial charge in [0.25, 0.3) is 0 Å². The largest absolute Gasteiger partial charge is 0.493 e. The maximum absolute atomic E-state index is 11.3.